The number of halogens is 4. The minimum atomic E-state index is -0.894. The molecule has 0 amide bonds. The molecule has 0 aromatic heterocycles. The maximum absolute atomic E-state index is 10.7. The first kappa shape index (κ1) is 29.5. The molecule has 0 fully saturated rings. The fourth-order valence-corrected chi connectivity index (χ4v) is 1.95. The molecule has 2 aromatic rings. The summed E-state index contributed by atoms with van der Waals surface area (Å²) in [4.78, 5) is 30.9. The monoisotopic (exact) mass is 483 g/mol. The lowest BCUT2D eigenvalue weighted by atomic mass is 10.1. The third-order valence-corrected chi connectivity index (χ3v) is 3.54. The summed E-state index contributed by atoms with van der Waals surface area (Å²) in [5.74, 6) is 5.06. The zero-order chi connectivity index (χ0) is 21.9. The van der Waals surface area contributed by atoms with Gasteiger partial charge in [0, 0.05) is 11.1 Å². The molecule has 160 valence electrons. The van der Waals surface area contributed by atoms with Gasteiger partial charge in [0.15, 0.2) is 0 Å². The number of carbonyl (C=O) groups excluding carboxylic acids is 2. The minimum Gasteiger partial charge on any atom is -0.276 e. The Hall–Kier alpha value is -1.74. The second-order valence-corrected chi connectivity index (χ2v) is 7.29. The Morgan fingerprint density at radius 1 is 1.00 bits per heavy atom. The Morgan fingerprint density at radius 2 is 1.48 bits per heavy atom. The molecule has 0 heterocycles. The fraction of sp³-hybridized carbons (Fsp3) is 0.222. The average molecular weight is 485 g/mol. The van der Waals surface area contributed by atoms with Crippen LogP contribution in [0.1, 0.15) is 41.5 Å². The van der Waals surface area contributed by atoms with Gasteiger partial charge in [-0.2, -0.15) is 0 Å². The Bertz CT molecular complexity index is 812. The van der Waals surface area contributed by atoms with Crippen molar-refractivity contribution in [1.82, 2.24) is 5.43 Å². The van der Waals surface area contributed by atoms with Crippen molar-refractivity contribution in [3.63, 3.8) is 0 Å². The summed E-state index contributed by atoms with van der Waals surface area (Å²) in [5.41, 5.74) is 2.56. The maximum atomic E-state index is 10.7. The van der Waals surface area contributed by atoms with Gasteiger partial charge in [0.25, 0.3) is 16.2 Å². The van der Waals surface area contributed by atoms with E-state index in [1.54, 1.807) is 24.3 Å². The van der Waals surface area contributed by atoms with Gasteiger partial charge in [0.1, 0.15) is 10.6 Å². The predicted molar refractivity (Wildman–Crippen MR) is 119 cm³/mol. The summed E-state index contributed by atoms with van der Waals surface area (Å²) in [5, 5.41) is 9.06. The van der Waals surface area contributed by atoms with Crippen LogP contribution in [0.4, 0.5) is 5.69 Å². The van der Waals surface area contributed by atoms with Crippen molar-refractivity contribution < 1.29 is 14.5 Å². The summed E-state index contributed by atoms with van der Waals surface area (Å²) in [6.45, 7) is 6.02. The Balaban J connectivity index is 0. The molecule has 29 heavy (non-hydrogen) atoms. The van der Waals surface area contributed by atoms with Crippen LogP contribution < -0.4 is 11.3 Å². The molecular formula is C18H21Cl4N3O4. The summed E-state index contributed by atoms with van der Waals surface area (Å²) < 4.78 is 0. The third-order valence-electron chi connectivity index (χ3n) is 2.81. The lowest BCUT2D eigenvalue weighted by Gasteiger charge is -2.14. The van der Waals surface area contributed by atoms with Crippen molar-refractivity contribution in [3.8, 4) is 0 Å². The van der Waals surface area contributed by atoms with Crippen molar-refractivity contribution in [2.24, 2.45) is 5.84 Å². The molecule has 0 saturated heterocycles. The van der Waals surface area contributed by atoms with Crippen molar-refractivity contribution in [2.75, 3.05) is 0 Å². The zero-order valence-corrected chi connectivity index (χ0v) is 18.9. The first-order valence-electron chi connectivity index (χ1n) is 7.76. The number of para-hydroxylation sites is 1. The molecule has 7 nitrogen and oxygen atoms in total. The maximum Gasteiger partial charge on any atom is 0.299 e. The number of hydrogen-bond acceptors (Lipinski definition) is 6. The lowest BCUT2D eigenvalue weighted by Crippen LogP contribution is -2.41. The number of nitrogens with one attached hydrogen (secondary N) is 1. The van der Waals surface area contributed by atoms with E-state index < -0.39 is 21.1 Å². The lowest BCUT2D eigenvalue weighted by molar-refractivity contribution is -0.384. The highest BCUT2D eigenvalue weighted by atomic mass is 35.5. The van der Waals surface area contributed by atoms with E-state index in [1.807, 2.05) is 26.8 Å². The zero-order valence-electron chi connectivity index (χ0n) is 15.8. The highest BCUT2D eigenvalue weighted by molar-refractivity contribution is 6.68. The first-order valence-corrected chi connectivity index (χ1v) is 8.89. The van der Waals surface area contributed by atoms with Gasteiger partial charge in [-0.25, -0.2) is 0 Å². The number of nitro groups is 1. The van der Waals surface area contributed by atoms with Crippen LogP contribution in [0.5, 0.6) is 0 Å². The van der Waals surface area contributed by atoms with E-state index in [2.05, 4.69) is 5.43 Å². The smallest absolute Gasteiger partial charge is 0.276 e. The van der Waals surface area contributed by atoms with E-state index in [4.69, 9.17) is 40.6 Å². The van der Waals surface area contributed by atoms with Crippen molar-refractivity contribution in [3.05, 3.63) is 74.8 Å². The summed E-state index contributed by atoms with van der Waals surface area (Å²) in [6.07, 6.45) is 0. The second-order valence-electron chi connectivity index (χ2n) is 6.20. The van der Waals surface area contributed by atoms with Gasteiger partial charge in [-0.1, -0.05) is 48.0 Å². The normalized spacial score (nSPS) is 9.62. The predicted octanol–water partition coefficient (Wildman–Crippen LogP) is 5.36. The van der Waals surface area contributed by atoms with E-state index in [0.29, 0.717) is 5.56 Å². The van der Waals surface area contributed by atoms with Crippen LogP contribution in [-0.4, -0.2) is 20.9 Å². The van der Waals surface area contributed by atoms with Crippen LogP contribution in [0.15, 0.2) is 48.5 Å². The van der Waals surface area contributed by atoms with Gasteiger partial charge in [-0.05, 0) is 56.1 Å². The number of rotatable bonds is 3. The van der Waals surface area contributed by atoms with E-state index in [-0.39, 0.29) is 28.5 Å². The van der Waals surface area contributed by atoms with Gasteiger partial charge in [0.05, 0.1) is 4.92 Å². The van der Waals surface area contributed by atoms with Crippen LogP contribution in [0.2, 0.25) is 5.02 Å². The summed E-state index contributed by atoms with van der Waals surface area (Å²) in [7, 11) is 0. The molecule has 0 spiro atoms. The number of carbonyl (C=O) groups is 2. The molecule has 0 unspecified atom stereocenters. The first-order chi connectivity index (χ1) is 12.9. The van der Waals surface area contributed by atoms with Crippen LogP contribution in [0.25, 0.3) is 0 Å². The number of nitrogens with zero attached hydrogens (tertiary/aromatic N) is 1. The molecule has 0 saturated carbocycles. The fourth-order valence-electron chi connectivity index (χ4n) is 1.43. The molecule has 3 N–H and O–H groups in total. The number of benzene rings is 2. The van der Waals surface area contributed by atoms with Gasteiger partial charge < -0.3 is 0 Å². The van der Waals surface area contributed by atoms with Gasteiger partial charge in [0.2, 0.25) is 0 Å². The SMILES string of the molecule is CC(C)(C)NN.Cl.O=C(Cl)c1cccc(Cl)c1[N+](=O)[O-].O=C(Cl)c1ccccc1. The Labute approximate surface area is 190 Å². The van der Waals surface area contributed by atoms with E-state index in [1.165, 1.54) is 18.2 Å². The van der Waals surface area contributed by atoms with Crippen molar-refractivity contribution >= 4 is 63.4 Å². The van der Waals surface area contributed by atoms with E-state index >= 15 is 0 Å². The van der Waals surface area contributed by atoms with E-state index in [9.17, 15) is 19.7 Å². The standard InChI is InChI=1S/C7H3Cl2NO3.C7H5ClO.C4H12N2.ClH/c8-5-3-1-2-4(7(9)11)6(5)10(12)13;8-7(9)6-4-2-1-3-5-6;1-4(2,3)6-5;/h1-3H;1-5H;6H,5H2,1-3H3;1H. The molecule has 11 heteroatoms. The minimum absolute atomic E-state index is 0. The van der Waals surface area contributed by atoms with Gasteiger partial charge in [-0.3, -0.25) is 31.0 Å². The number of hydrogen-bond donors (Lipinski definition) is 2. The highest BCUT2D eigenvalue weighted by Crippen LogP contribution is 2.28. The molecule has 0 aliphatic rings. The average Bonchev–Trinajstić information content (AvgIpc) is 2.62. The summed E-state index contributed by atoms with van der Waals surface area (Å²) in [6, 6.07) is 12.7. The van der Waals surface area contributed by atoms with Gasteiger partial charge in [-0.15, -0.1) is 12.4 Å². The molecule has 0 aliphatic heterocycles. The Kier molecular flexibility index (Phi) is 14.5. The molecule has 0 bridgehead atoms. The Morgan fingerprint density at radius 3 is 1.76 bits per heavy atom. The largest absolute Gasteiger partial charge is 0.299 e. The number of nitro benzene ring substituents is 1. The second kappa shape index (κ2) is 14.3. The van der Waals surface area contributed by atoms with Crippen LogP contribution in [0, 0.1) is 10.1 Å². The highest BCUT2D eigenvalue weighted by Gasteiger charge is 2.21. The van der Waals surface area contributed by atoms with E-state index in [0.717, 1.165) is 0 Å². The van der Waals surface area contributed by atoms with Crippen LogP contribution in [-0.2, 0) is 0 Å². The van der Waals surface area contributed by atoms with Crippen LogP contribution in [0.3, 0.4) is 0 Å². The summed E-state index contributed by atoms with van der Waals surface area (Å²) >= 11 is 15.8. The molecule has 0 atom stereocenters. The third kappa shape index (κ3) is 12.4. The molecule has 0 aliphatic carbocycles. The number of nitrogens with two attached hydrogens (primary N) is 1. The van der Waals surface area contributed by atoms with Crippen LogP contribution >= 0.6 is 47.2 Å². The molecular weight excluding hydrogens is 464 g/mol. The van der Waals surface area contributed by atoms with Gasteiger partial charge >= 0.3 is 0 Å². The topological polar surface area (TPSA) is 115 Å². The molecule has 2 rings (SSSR count). The van der Waals surface area contributed by atoms with Crippen molar-refractivity contribution in [2.45, 2.75) is 26.3 Å². The quantitative estimate of drug-likeness (QED) is 0.262. The number of hydrazine groups is 1. The molecule has 2 aromatic carbocycles. The molecule has 0 radical (unpaired) electrons. The van der Waals surface area contributed by atoms with Crippen molar-refractivity contribution in [1.29, 1.82) is 0 Å².